The van der Waals surface area contributed by atoms with Gasteiger partial charge in [-0.15, -0.1) is 0 Å². The van der Waals surface area contributed by atoms with Crippen molar-refractivity contribution in [3.05, 3.63) is 46.2 Å². The largest absolute Gasteiger partial charge is 0.384 e. The molecule has 0 spiro atoms. The van der Waals surface area contributed by atoms with Gasteiger partial charge in [-0.3, -0.25) is 4.72 Å². The third-order valence-electron chi connectivity index (χ3n) is 2.19. The molecule has 0 amide bonds. The molecule has 0 fully saturated rings. The third-order valence-corrected chi connectivity index (χ3v) is 4.48. The van der Waals surface area contributed by atoms with Crippen molar-refractivity contribution in [2.75, 3.05) is 10.5 Å². The normalized spacial score (nSPS) is 11.2. The Labute approximate surface area is 119 Å². The van der Waals surface area contributed by atoms with E-state index in [-0.39, 0.29) is 10.7 Å². The van der Waals surface area contributed by atoms with Gasteiger partial charge in [0.2, 0.25) is 0 Å². The SMILES string of the molecule is Nc1ccc(S(=O)(=O)Nc2ccccc2I)cn1. The van der Waals surface area contributed by atoms with Gasteiger partial charge in [0.15, 0.2) is 0 Å². The maximum Gasteiger partial charge on any atom is 0.263 e. The van der Waals surface area contributed by atoms with Gasteiger partial charge in [0.25, 0.3) is 10.0 Å². The number of nitrogens with two attached hydrogens (primary N) is 1. The second kappa shape index (κ2) is 5.11. The van der Waals surface area contributed by atoms with E-state index in [1.54, 1.807) is 12.1 Å². The first kappa shape index (κ1) is 13.1. The van der Waals surface area contributed by atoms with E-state index in [1.807, 2.05) is 12.1 Å². The maximum absolute atomic E-state index is 12.1. The Hall–Kier alpha value is -1.35. The third kappa shape index (κ3) is 2.91. The minimum Gasteiger partial charge on any atom is -0.384 e. The zero-order chi connectivity index (χ0) is 13.2. The van der Waals surface area contributed by atoms with Gasteiger partial charge in [-0.25, -0.2) is 13.4 Å². The summed E-state index contributed by atoms with van der Waals surface area (Å²) < 4.78 is 27.5. The summed E-state index contributed by atoms with van der Waals surface area (Å²) in [5.74, 6) is 0.281. The number of hydrogen-bond acceptors (Lipinski definition) is 4. The smallest absolute Gasteiger partial charge is 0.263 e. The van der Waals surface area contributed by atoms with Crippen LogP contribution in [0.25, 0.3) is 0 Å². The van der Waals surface area contributed by atoms with Crippen molar-refractivity contribution in [2.45, 2.75) is 4.90 Å². The number of halogens is 1. The number of pyridine rings is 1. The molecule has 1 heterocycles. The van der Waals surface area contributed by atoms with Crippen LogP contribution >= 0.6 is 22.6 Å². The number of nitrogen functional groups attached to an aromatic ring is 1. The topological polar surface area (TPSA) is 85.1 Å². The summed E-state index contributed by atoms with van der Waals surface area (Å²) in [5.41, 5.74) is 5.96. The number of sulfonamides is 1. The van der Waals surface area contributed by atoms with Gasteiger partial charge in [-0.2, -0.15) is 0 Å². The minimum atomic E-state index is -3.63. The molecule has 2 aromatic rings. The van der Waals surface area contributed by atoms with E-state index in [4.69, 9.17) is 5.73 Å². The van der Waals surface area contributed by atoms with Gasteiger partial charge in [-0.1, -0.05) is 12.1 Å². The summed E-state index contributed by atoms with van der Waals surface area (Å²) in [6, 6.07) is 9.99. The van der Waals surface area contributed by atoms with E-state index >= 15 is 0 Å². The predicted octanol–water partition coefficient (Wildman–Crippen LogP) is 2.07. The Kier molecular flexibility index (Phi) is 3.71. The Morgan fingerprint density at radius 2 is 1.89 bits per heavy atom. The van der Waals surface area contributed by atoms with Gasteiger partial charge in [0.05, 0.1) is 5.69 Å². The Morgan fingerprint density at radius 3 is 2.50 bits per heavy atom. The Morgan fingerprint density at radius 1 is 1.17 bits per heavy atom. The van der Waals surface area contributed by atoms with Crippen LogP contribution < -0.4 is 10.5 Å². The fraction of sp³-hybridized carbons (Fsp3) is 0. The average molecular weight is 375 g/mol. The van der Waals surface area contributed by atoms with Crippen LogP contribution in [-0.4, -0.2) is 13.4 Å². The highest BCUT2D eigenvalue weighted by atomic mass is 127. The first-order valence-electron chi connectivity index (χ1n) is 4.98. The van der Waals surface area contributed by atoms with E-state index in [1.165, 1.54) is 18.3 Å². The molecular weight excluding hydrogens is 365 g/mol. The first-order valence-corrected chi connectivity index (χ1v) is 7.54. The molecule has 2 rings (SSSR count). The van der Waals surface area contributed by atoms with Crippen molar-refractivity contribution in [3.8, 4) is 0 Å². The van der Waals surface area contributed by atoms with Crippen molar-refractivity contribution in [1.82, 2.24) is 4.98 Å². The number of nitrogens with one attached hydrogen (secondary N) is 1. The molecule has 3 N–H and O–H groups in total. The van der Waals surface area contributed by atoms with E-state index in [2.05, 4.69) is 32.3 Å². The van der Waals surface area contributed by atoms with E-state index in [0.29, 0.717) is 5.69 Å². The molecule has 0 saturated heterocycles. The molecule has 0 aliphatic rings. The minimum absolute atomic E-state index is 0.0800. The van der Waals surface area contributed by atoms with Crippen LogP contribution in [0.3, 0.4) is 0 Å². The molecule has 7 heteroatoms. The molecule has 18 heavy (non-hydrogen) atoms. The van der Waals surface area contributed by atoms with Crippen LogP contribution in [0.15, 0.2) is 47.5 Å². The number of anilines is 2. The lowest BCUT2D eigenvalue weighted by atomic mass is 10.3. The second-order valence-corrected chi connectivity index (χ2v) is 6.35. The molecule has 1 aromatic carbocycles. The number of para-hydroxylation sites is 1. The average Bonchev–Trinajstić information content (AvgIpc) is 2.32. The van der Waals surface area contributed by atoms with Crippen LogP contribution in [0.4, 0.5) is 11.5 Å². The summed E-state index contributed by atoms with van der Waals surface area (Å²) in [6.07, 6.45) is 1.23. The van der Waals surface area contributed by atoms with E-state index < -0.39 is 10.0 Å². The highest BCUT2D eigenvalue weighted by Crippen LogP contribution is 2.21. The zero-order valence-corrected chi connectivity index (χ0v) is 12.1. The molecule has 0 bridgehead atoms. The lowest BCUT2D eigenvalue weighted by molar-refractivity contribution is 0.601. The number of rotatable bonds is 3. The number of benzene rings is 1. The standard InChI is InChI=1S/C11H10IN3O2S/c12-9-3-1-2-4-10(9)15-18(16,17)8-5-6-11(13)14-7-8/h1-7,15H,(H2,13,14). The van der Waals surface area contributed by atoms with Gasteiger partial charge in [-0.05, 0) is 46.9 Å². The van der Waals surface area contributed by atoms with Crippen LogP contribution in [0.1, 0.15) is 0 Å². The quantitative estimate of drug-likeness (QED) is 0.805. The summed E-state index contributed by atoms with van der Waals surface area (Å²) in [7, 11) is -3.63. The van der Waals surface area contributed by atoms with Crippen molar-refractivity contribution in [3.63, 3.8) is 0 Å². The fourth-order valence-electron chi connectivity index (χ4n) is 1.30. The molecule has 0 aliphatic carbocycles. The molecule has 0 atom stereocenters. The summed E-state index contributed by atoms with van der Waals surface area (Å²) >= 11 is 2.06. The lowest BCUT2D eigenvalue weighted by Crippen LogP contribution is -2.14. The van der Waals surface area contributed by atoms with Crippen LogP contribution in [-0.2, 0) is 10.0 Å². The molecule has 94 valence electrons. The van der Waals surface area contributed by atoms with E-state index in [9.17, 15) is 8.42 Å². The van der Waals surface area contributed by atoms with Crippen LogP contribution in [0.2, 0.25) is 0 Å². The second-order valence-electron chi connectivity index (χ2n) is 3.50. The van der Waals surface area contributed by atoms with Gasteiger partial charge >= 0.3 is 0 Å². The van der Waals surface area contributed by atoms with Crippen molar-refractivity contribution in [2.24, 2.45) is 0 Å². The molecule has 0 aliphatic heterocycles. The number of hydrogen-bond donors (Lipinski definition) is 2. The van der Waals surface area contributed by atoms with Gasteiger partial charge in [0.1, 0.15) is 10.7 Å². The summed E-state index contributed by atoms with van der Waals surface area (Å²) in [4.78, 5) is 3.85. The van der Waals surface area contributed by atoms with Crippen LogP contribution in [0.5, 0.6) is 0 Å². The van der Waals surface area contributed by atoms with Gasteiger partial charge < -0.3 is 5.73 Å². The lowest BCUT2D eigenvalue weighted by Gasteiger charge is -2.09. The fourth-order valence-corrected chi connectivity index (χ4v) is 3.03. The molecule has 5 nitrogen and oxygen atoms in total. The predicted molar refractivity (Wildman–Crippen MR) is 78.6 cm³/mol. The highest BCUT2D eigenvalue weighted by Gasteiger charge is 2.15. The van der Waals surface area contributed by atoms with Crippen LogP contribution in [0, 0.1) is 3.57 Å². The van der Waals surface area contributed by atoms with Crippen molar-refractivity contribution >= 4 is 44.1 Å². The number of nitrogens with zero attached hydrogens (tertiary/aromatic N) is 1. The molecule has 0 saturated carbocycles. The Balaban J connectivity index is 2.33. The molecule has 0 radical (unpaired) electrons. The monoisotopic (exact) mass is 375 g/mol. The molecule has 0 unspecified atom stereocenters. The zero-order valence-electron chi connectivity index (χ0n) is 9.17. The molecule has 1 aromatic heterocycles. The maximum atomic E-state index is 12.1. The molecular formula is C11H10IN3O2S. The van der Waals surface area contributed by atoms with E-state index in [0.717, 1.165) is 3.57 Å². The van der Waals surface area contributed by atoms with Gasteiger partial charge in [0, 0.05) is 9.77 Å². The van der Waals surface area contributed by atoms with Crippen molar-refractivity contribution < 1.29 is 8.42 Å². The summed E-state index contributed by atoms with van der Waals surface area (Å²) in [5, 5.41) is 0. The first-order chi connectivity index (χ1) is 8.49. The summed E-state index contributed by atoms with van der Waals surface area (Å²) in [6.45, 7) is 0. The highest BCUT2D eigenvalue weighted by molar-refractivity contribution is 14.1. The number of aromatic nitrogens is 1. The van der Waals surface area contributed by atoms with Crippen molar-refractivity contribution in [1.29, 1.82) is 0 Å². The Bertz CT molecular complexity index is 656.